The first-order valence-electron chi connectivity index (χ1n) is 6.17. The van der Waals surface area contributed by atoms with Crippen LogP contribution in [0, 0.1) is 5.92 Å². The fourth-order valence-corrected chi connectivity index (χ4v) is 2.05. The van der Waals surface area contributed by atoms with Gasteiger partial charge in [-0.2, -0.15) is 0 Å². The van der Waals surface area contributed by atoms with Gasteiger partial charge in [-0.05, 0) is 11.5 Å². The van der Waals surface area contributed by atoms with Gasteiger partial charge in [0.1, 0.15) is 5.92 Å². The summed E-state index contributed by atoms with van der Waals surface area (Å²) in [4.78, 5) is 12.4. The van der Waals surface area contributed by atoms with Gasteiger partial charge in [0.2, 0.25) is 5.91 Å². The van der Waals surface area contributed by atoms with Gasteiger partial charge in [-0.15, -0.1) is 0 Å². The highest BCUT2D eigenvalue weighted by Crippen LogP contribution is 2.16. The van der Waals surface area contributed by atoms with Crippen molar-refractivity contribution in [1.29, 1.82) is 0 Å². The molecule has 1 aromatic rings. The van der Waals surface area contributed by atoms with Gasteiger partial charge in [0.05, 0.1) is 11.6 Å². The van der Waals surface area contributed by atoms with Gasteiger partial charge in [0, 0.05) is 13.7 Å². The van der Waals surface area contributed by atoms with Gasteiger partial charge in [0.25, 0.3) is 0 Å². The fourth-order valence-electron chi connectivity index (χ4n) is 1.81. The van der Waals surface area contributed by atoms with Crippen molar-refractivity contribution in [1.82, 2.24) is 5.32 Å². The normalized spacial score (nSPS) is 13.6. The number of amides is 1. The molecule has 0 saturated carbocycles. The summed E-state index contributed by atoms with van der Waals surface area (Å²) in [5, 5.41) is 2.86. The number of ether oxygens (including phenoxy) is 1. The molecule has 3 N–H and O–H groups in total. The molecule has 2 unspecified atom stereocenters. The van der Waals surface area contributed by atoms with E-state index in [1.807, 2.05) is 37.3 Å². The smallest absolute Gasteiger partial charge is 0.234 e. The van der Waals surface area contributed by atoms with E-state index in [1.54, 1.807) is 7.11 Å². The molecule has 1 aromatic carbocycles. The molecule has 4 nitrogen and oxygen atoms in total. The Morgan fingerprint density at radius 1 is 1.42 bits per heavy atom. The van der Waals surface area contributed by atoms with Crippen molar-refractivity contribution in [3.05, 3.63) is 35.9 Å². The summed E-state index contributed by atoms with van der Waals surface area (Å²) in [5.41, 5.74) is 6.49. The van der Waals surface area contributed by atoms with Gasteiger partial charge in [-0.3, -0.25) is 4.79 Å². The molecular formula is C14H20N2O2S. The van der Waals surface area contributed by atoms with E-state index in [1.165, 1.54) is 0 Å². The number of methoxy groups -OCH3 is 1. The number of nitrogens with one attached hydrogen (secondary N) is 1. The average Bonchev–Trinajstić information content (AvgIpc) is 2.38. The first kappa shape index (κ1) is 15.6. The van der Waals surface area contributed by atoms with E-state index >= 15 is 0 Å². The minimum atomic E-state index is -0.578. The van der Waals surface area contributed by atoms with Gasteiger partial charge in [-0.25, -0.2) is 0 Å². The van der Waals surface area contributed by atoms with Crippen molar-refractivity contribution in [3.63, 3.8) is 0 Å². The molecule has 0 aliphatic rings. The Morgan fingerprint density at radius 2 is 2.05 bits per heavy atom. The molecule has 0 saturated heterocycles. The van der Waals surface area contributed by atoms with Gasteiger partial charge >= 0.3 is 0 Å². The van der Waals surface area contributed by atoms with Gasteiger partial charge in [0.15, 0.2) is 0 Å². The summed E-state index contributed by atoms with van der Waals surface area (Å²) < 4.78 is 5.03. The van der Waals surface area contributed by atoms with Crippen LogP contribution in [0.3, 0.4) is 0 Å². The number of rotatable bonds is 7. The molecule has 0 heterocycles. The lowest BCUT2D eigenvalue weighted by atomic mass is 9.98. The van der Waals surface area contributed by atoms with E-state index in [2.05, 4.69) is 5.32 Å². The Hall–Kier alpha value is -1.46. The average molecular weight is 280 g/mol. The first-order chi connectivity index (χ1) is 9.06. The number of benzene rings is 1. The van der Waals surface area contributed by atoms with E-state index < -0.39 is 5.92 Å². The second-order valence-corrected chi connectivity index (χ2v) is 5.02. The minimum absolute atomic E-state index is 0.165. The van der Waals surface area contributed by atoms with Crippen molar-refractivity contribution < 1.29 is 9.53 Å². The summed E-state index contributed by atoms with van der Waals surface area (Å²) >= 11 is 5.00. The largest absolute Gasteiger partial charge is 0.392 e. The van der Waals surface area contributed by atoms with E-state index in [0.29, 0.717) is 13.2 Å². The Labute approximate surface area is 119 Å². The zero-order valence-corrected chi connectivity index (χ0v) is 12.1. The molecule has 0 spiro atoms. The highest BCUT2D eigenvalue weighted by atomic mass is 32.1. The maximum atomic E-state index is 12.2. The lowest BCUT2D eigenvalue weighted by Gasteiger charge is -2.18. The second-order valence-electron chi connectivity index (χ2n) is 4.55. The van der Waals surface area contributed by atoms with E-state index in [4.69, 9.17) is 22.7 Å². The van der Waals surface area contributed by atoms with E-state index in [9.17, 15) is 4.79 Å². The van der Waals surface area contributed by atoms with Gasteiger partial charge in [-0.1, -0.05) is 49.5 Å². The SMILES string of the molecule is COCC(C)CNC(=O)C(C(N)=S)c1ccccc1. The van der Waals surface area contributed by atoms with Crippen molar-refractivity contribution in [2.45, 2.75) is 12.8 Å². The van der Waals surface area contributed by atoms with Crippen LogP contribution in [0.1, 0.15) is 18.4 Å². The molecule has 0 radical (unpaired) electrons. The third kappa shape index (κ3) is 4.96. The Kier molecular flexibility index (Phi) is 6.45. The summed E-state index contributed by atoms with van der Waals surface area (Å²) in [6, 6.07) is 9.31. The monoisotopic (exact) mass is 280 g/mol. The van der Waals surface area contributed by atoms with Crippen LogP contribution >= 0.6 is 12.2 Å². The molecule has 5 heteroatoms. The molecule has 0 aliphatic heterocycles. The second kappa shape index (κ2) is 7.86. The number of thiocarbonyl (C=S) groups is 1. The molecule has 0 aromatic heterocycles. The van der Waals surface area contributed by atoms with Crippen LogP contribution in [0.15, 0.2) is 30.3 Å². The summed E-state index contributed by atoms with van der Waals surface area (Å²) in [7, 11) is 1.64. The molecule has 19 heavy (non-hydrogen) atoms. The van der Waals surface area contributed by atoms with Crippen LogP contribution in [-0.2, 0) is 9.53 Å². The number of nitrogens with two attached hydrogens (primary N) is 1. The van der Waals surface area contributed by atoms with E-state index in [0.717, 1.165) is 5.56 Å². The zero-order chi connectivity index (χ0) is 14.3. The van der Waals surface area contributed by atoms with Crippen molar-refractivity contribution in [3.8, 4) is 0 Å². The molecular weight excluding hydrogens is 260 g/mol. The molecule has 1 amide bonds. The van der Waals surface area contributed by atoms with Crippen LogP contribution in [0.4, 0.5) is 0 Å². The van der Waals surface area contributed by atoms with Crippen molar-refractivity contribution >= 4 is 23.1 Å². The predicted octanol–water partition coefficient (Wildman–Crippen LogP) is 1.45. The third-order valence-electron chi connectivity index (χ3n) is 2.76. The first-order valence-corrected chi connectivity index (χ1v) is 6.58. The Bertz CT molecular complexity index is 423. The maximum absolute atomic E-state index is 12.2. The number of carbonyl (C=O) groups excluding carboxylic acids is 1. The Morgan fingerprint density at radius 3 is 2.58 bits per heavy atom. The third-order valence-corrected chi connectivity index (χ3v) is 2.99. The van der Waals surface area contributed by atoms with Crippen LogP contribution in [0.25, 0.3) is 0 Å². The predicted molar refractivity (Wildman–Crippen MR) is 80.0 cm³/mol. The molecule has 104 valence electrons. The summed E-state index contributed by atoms with van der Waals surface area (Å²) in [6.45, 7) is 3.14. The highest BCUT2D eigenvalue weighted by molar-refractivity contribution is 7.80. The maximum Gasteiger partial charge on any atom is 0.234 e. The standard InChI is InChI=1S/C14H20N2O2S/c1-10(9-18-2)8-16-14(17)12(13(15)19)11-6-4-3-5-7-11/h3-7,10,12H,8-9H2,1-2H3,(H2,15,19)(H,16,17). The quantitative estimate of drug-likeness (QED) is 0.742. The number of hydrogen-bond donors (Lipinski definition) is 2. The summed E-state index contributed by atoms with van der Waals surface area (Å²) in [6.07, 6.45) is 0. The molecule has 0 fully saturated rings. The lowest BCUT2D eigenvalue weighted by Crippen LogP contribution is -2.38. The summed E-state index contributed by atoms with van der Waals surface area (Å²) in [5.74, 6) is -0.496. The zero-order valence-electron chi connectivity index (χ0n) is 11.3. The van der Waals surface area contributed by atoms with Crippen LogP contribution in [0.5, 0.6) is 0 Å². The minimum Gasteiger partial charge on any atom is -0.392 e. The van der Waals surface area contributed by atoms with Crippen LogP contribution in [-0.4, -0.2) is 31.2 Å². The topological polar surface area (TPSA) is 64.3 Å². The van der Waals surface area contributed by atoms with Gasteiger partial charge < -0.3 is 15.8 Å². The fraction of sp³-hybridized carbons (Fsp3) is 0.429. The molecule has 2 atom stereocenters. The molecule has 0 bridgehead atoms. The van der Waals surface area contributed by atoms with Crippen LogP contribution in [0.2, 0.25) is 0 Å². The number of carbonyl (C=O) groups is 1. The van der Waals surface area contributed by atoms with E-state index in [-0.39, 0.29) is 16.8 Å². The molecule has 1 rings (SSSR count). The van der Waals surface area contributed by atoms with Crippen molar-refractivity contribution in [2.24, 2.45) is 11.7 Å². The Balaban J connectivity index is 2.68. The lowest BCUT2D eigenvalue weighted by molar-refractivity contribution is -0.121. The van der Waals surface area contributed by atoms with Crippen molar-refractivity contribution in [2.75, 3.05) is 20.3 Å². The molecule has 0 aliphatic carbocycles. The number of hydrogen-bond acceptors (Lipinski definition) is 3. The van der Waals surface area contributed by atoms with Crippen LogP contribution < -0.4 is 11.1 Å². The highest BCUT2D eigenvalue weighted by Gasteiger charge is 2.23.